The lowest BCUT2D eigenvalue weighted by atomic mass is 10.0. The zero-order chi connectivity index (χ0) is 14.5. The largest absolute Gasteiger partial charge is 0.457 e. The summed E-state index contributed by atoms with van der Waals surface area (Å²) in [6, 6.07) is 6.99. The van der Waals surface area contributed by atoms with Crippen LogP contribution in [0.2, 0.25) is 0 Å². The maximum absolute atomic E-state index is 11.4. The molecule has 0 spiro atoms. The smallest absolute Gasteiger partial charge is 0.308 e. The van der Waals surface area contributed by atoms with Gasteiger partial charge in [0.1, 0.15) is 6.10 Å². The zero-order valence-corrected chi connectivity index (χ0v) is 11.3. The van der Waals surface area contributed by atoms with Gasteiger partial charge in [-0.15, -0.1) is 0 Å². The Balaban J connectivity index is 2.07. The number of anilines is 1. The number of cyclic esters (lactones) is 1. The van der Waals surface area contributed by atoms with Crippen molar-refractivity contribution in [2.45, 2.75) is 38.2 Å². The molecule has 2 rings (SSSR count). The Kier molecular flexibility index (Phi) is 4.76. The van der Waals surface area contributed by atoms with Crippen molar-refractivity contribution in [3.05, 3.63) is 42.0 Å². The van der Waals surface area contributed by atoms with Gasteiger partial charge in [0.2, 0.25) is 0 Å². The van der Waals surface area contributed by atoms with E-state index in [4.69, 9.17) is 9.84 Å². The van der Waals surface area contributed by atoms with Crippen molar-refractivity contribution < 1.29 is 19.7 Å². The molecule has 3 unspecified atom stereocenters. The molecule has 0 aromatic heterocycles. The molecular weight excluding hydrogens is 258 g/mol. The number of aliphatic hydroxyl groups is 2. The highest BCUT2D eigenvalue weighted by Crippen LogP contribution is 2.23. The van der Waals surface area contributed by atoms with Gasteiger partial charge < -0.3 is 20.3 Å². The van der Waals surface area contributed by atoms with Crippen LogP contribution in [0.1, 0.15) is 18.9 Å². The molecule has 1 aromatic carbocycles. The highest BCUT2D eigenvalue weighted by atomic mass is 16.6. The van der Waals surface area contributed by atoms with Crippen molar-refractivity contribution in [3.63, 3.8) is 0 Å². The monoisotopic (exact) mass is 277 g/mol. The Hall–Kier alpha value is -1.85. The van der Waals surface area contributed by atoms with Crippen LogP contribution in [-0.4, -0.2) is 34.4 Å². The molecule has 0 amide bonds. The minimum Gasteiger partial charge on any atom is -0.457 e. The Bertz CT molecular complexity index is 483. The van der Waals surface area contributed by atoms with Crippen LogP contribution in [0, 0.1) is 0 Å². The molecule has 1 saturated heterocycles. The van der Waals surface area contributed by atoms with Gasteiger partial charge in [-0.25, -0.2) is 0 Å². The van der Waals surface area contributed by atoms with E-state index in [-0.39, 0.29) is 25.0 Å². The second-order valence-electron chi connectivity index (χ2n) is 4.78. The molecule has 1 aliphatic rings. The van der Waals surface area contributed by atoms with Gasteiger partial charge in [0, 0.05) is 5.69 Å². The summed E-state index contributed by atoms with van der Waals surface area (Å²) in [5.74, 6) is -0.317. The third-order valence-electron chi connectivity index (χ3n) is 3.27. The number of hydrogen-bond acceptors (Lipinski definition) is 5. The number of benzene rings is 1. The van der Waals surface area contributed by atoms with Crippen LogP contribution >= 0.6 is 0 Å². The average Bonchev–Trinajstić information content (AvgIpc) is 2.81. The van der Waals surface area contributed by atoms with Crippen LogP contribution in [0.5, 0.6) is 0 Å². The van der Waals surface area contributed by atoms with E-state index >= 15 is 0 Å². The first-order valence-electron chi connectivity index (χ1n) is 6.60. The highest BCUT2D eigenvalue weighted by molar-refractivity contribution is 5.74. The van der Waals surface area contributed by atoms with E-state index in [0.717, 1.165) is 11.3 Å². The SMILES string of the molecule is CC=CC(O)C1OC(=O)CC1Nc1ccc(CO)cc1. The van der Waals surface area contributed by atoms with Gasteiger partial charge >= 0.3 is 5.97 Å². The van der Waals surface area contributed by atoms with Crippen molar-refractivity contribution in [2.24, 2.45) is 0 Å². The summed E-state index contributed by atoms with van der Waals surface area (Å²) in [6.45, 7) is 1.80. The minimum absolute atomic E-state index is 0.00601. The molecule has 5 nitrogen and oxygen atoms in total. The molecule has 108 valence electrons. The van der Waals surface area contributed by atoms with Crippen molar-refractivity contribution in [2.75, 3.05) is 5.32 Å². The van der Waals surface area contributed by atoms with E-state index in [1.807, 2.05) is 12.1 Å². The average molecular weight is 277 g/mol. The fraction of sp³-hybridized carbons (Fsp3) is 0.400. The molecule has 1 aromatic rings. The lowest BCUT2D eigenvalue weighted by molar-refractivity contribution is -0.144. The maximum atomic E-state index is 11.4. The van der Waals surface area contributed by atoms with Gasteiger partial charge in [0.15, 0.2) is 6.10 Å². The van der Waals surface area contributed by atoms with Crippen molar-refractivity contribution in [1.29, 1.82) is 0 Å². The van der Waals surface area contributed by atoms with Gasteiger partial charge in [-0.2, -0.15) is 0 Å². The number of allylic oxidation sites excluding steroid dienone is 1. The molecular formula is C15H19NO4. The standard InChI is InChI=1S/C15H19NO4/c1-2-3-13(18)15-12(8-14(19)20-15)16-11-6-4-10(9-17)5-7-11/h2-7,12-13,15-18H,8-9H2,1H3. The first-order chi connectivity index (χ1) is 9.63. The highest BCUT2D eigenvalue weighted by Gasteiger charge is 2.38. The fourth-order valence-corrected chi connectivity index (χ4v) is 2.25. The molecule has 1 fully saturated rings. The van der Waals surface area contributed by atoms with E-state index in [2.05, 4.69) is 5.32 Å². The van der Waals surface area contributed by atoms with E-state index in [0.29, 0.717) is 0 Å². The third-order valence-corrected chi connectivity index (χ3v) is 3.27. The number of hydrogen-bond donors (Lipinski definition) is 3. The van der Waals surface area contributed by atoms with Crippen molar-refractivity contribution in [3.8, 4) is 0 Å². The first-order valence-corrected chi connectivity index (χ1v) is 6.60. The normalized spacial score (nSPS) is 23.9. The molecule has 0 bridgehead atoms. The van der Waals surface area contributed by atoms with Gasteiger partial charge in [-0.05, 0) is 24.6 Å². The predicted molar refractivity (Wildman–Crippen MR) is 75.1 cm³/mol. The molecule has 0 aliphatic carbocycles. The van der Waals surface area contributed by atoms with E-state index in [1.165, 1.54) is 0 Å². The zero-order valence-electron chi connectivity index (χ0n) is 11.3. The lowest BCUT2D eigenvalue weighted by Crippen LogP contribution is -2.38. The van der Waals surface area contributed by atoms with Crippen LogP contribution < -0.4 is 5.32 Å². The summed E-state index contributed by atoms with van der Waals surface area (Å²) < 4.78 is 5.16. The molecule has 20 heavy (non-hydrogen) atoms. The summed E-state index contributed by atoms with van der Waals surface area (Å²) in [5.41, 5.74) is 1.64. The van der Waals surface area contributed by atoms with Crippen LogP contribution in [-0.2, 0) is 16.1 Å². The number of rotatable bonds is 5. The van der Waals surface area contributed by atoms with Crippen LogP contribution in [0.4, 0.5) is 5.69 Å². The second-order valence-corrected chi connectivity index (χ2v) is 4.78. The molecule has 5 heteroatoms. The number of aliphatic hydroxyl groups excluding tert-OH is 2. The number of ether oxygens (including phenoxy) is 1. The number of carbonyl (C=O) groups is 1. The Morgan fingerprint density at radius 1 is 1.45 bits per heavy atom. The van der Waals surface area contributed by atoms with Gasteiger partial charge in [0.05, 0.1) is 19.1 Å². The third kappa shape index (κ3) is 3.37. The molecule has 1 aliphatic heterocycles. The Morgan fingerprint density at radius 2 is 2.15 bits per heavy atom. The molecule has 1 heterocycles. The van der Waals surface area contributed by atoms with E-state index in [1.54, 1.807) is 31.2 Å². The number of esters is 1. The second kappa shape index (κ2) is 6.54. The Morgan fingerprint density at radius 3 is 2.75 bits per heavy atom. The summed E-state index contributed by atoms with van der Waals surface area (Å²) in [6.07, 6.45) is 2.15. The van der Waals surface area contributed by atoms with Gasteiger partial charge in [0.25, 0.3) is 0 Å². The molecule has 3 atom stereocenters. The maximum Gasteiger partial charge on any atom is 0.308 e. The molecule has 0 saturated carbocycles. The van der Waals surface area contributed by atoms with E-state index < -0.39 is 12.2 Å². The van der Waals surface area contributed by atoms with Gasteiger partial charge in [-0.3, -0.25) is 4.79 Å². The number of nitrogens with one attached hydrogen (secondary N) is 1. The van der Waals surface area contributed by atoms with E-state index in [9.17, 15) is 9.90 Å². The summed E-state index contributed by atoms with van der Waals surface area (Å²) in [7, 11) is 0. The van der Waals surface area contributed by atoms with Crippen molar-refractivity contribution >= 4 is 11.7 Å². The van der Waals surface area contributed by atoms with Crippen LogP contribution in [0.25, 0.3) is 0 Å². The molecule has 0 radical (unpaired) electrons. The quantitative estimate of drug-likeness (QED) is 0.557. The number of carbonyl (C=O) groups excluding carboxylic acids is 1. The summed E-state index contributed by atoms with van der Waals surface area (Å²) in [4.78, 5) is 11.4. The van der Waals surface area contributed by atoms with Crippen LogP contribution in [0.3, 0.4) is 0 Å². The lowest BCUT2D eigenvalue weighted by Gasteiger charge is -2.22. The fourth-order valence-electron chi connectivity index (χ4n) is 2.25. The van der Waals surface area contributed by atoms with Crippen LogP contribution in [0.15, 0.2) is 36.4 Å². The van der Waals surface area contributed by atoms with Crippen molar-refractivity contribution in [1.82, 2.24) is 0 Å². The van der Waals surface area contributed by atoms with Gasteiger partial charge in [-0.1, -0.05) is 24.3 Å². The molecule has 3 N–H and O–H groups in total. The summed E-state index contributed by atoms with van der Waals surface area (Å²) in [5, 5.41) is 22.1. The first kappa shape index (κ1) is 14.6. The minimum atomic E-state index is -0.819. The Labute approximate surface area is 117 Å². The predicted octanol–water partition coefficient (Wildman–Crippen LogP) is 1.21. The summed E-state index contributed by atoms with van der Waals surface area (Å²) >= 11 is 0. The topological polar surface area (TPSA) is 78.8 Å².